The monoisotopic (exact) mass is 455 g/mol. The molecule has 0 heterocycles. The highest BCUT2D eigenvalue weighted by atomic mass is 16.5. The van der Waals surface area contributed by atoms with Gasteiger partial charge in [-0.1, -0.05) is 36.4 Å². The number of rotatable bonds is 5. The molecule has 0 bridgehead atoms. The predicted octanol–water partition coefficient (Wildman–Crippen LogP) is 7.61. The third-order valence-corrected chi connectivity index (χ3v) is 6.18. The van der Waals surface area contributed by atoms with E-state index in [1.165, 1.54) is 0 Å². The molecular weight excluding hydrogens is 426 g/mol. The Bertz CT molecular complexity index is 1320. The number of aryl methyl sites for hydroxylation is 3. The Labute approximate surface area is 200 Å². The number of phenols is 3. The smallest absolute Gasteiger partial charge is 0.169 e. The van der Waals surface area contributed by atoms with Gasteiger partial charge >= 0.3 is 0 Å². The van der Waals surface area contributed by atoms with Crippen LogP contribution in [0.5, 0.6) is 28.7 Å². The first kappa shape index (κ1) is 23.1. The lowest BCUT2D eigenvalue weighted by atomic mass is 10.0. The molecule has 0 amide bonds. The lowest BCUT2D eigenvalue weighted by Gasteiger charge is -2.32. The van der Waals surface area contributed by atoms with E-state index in [1.54, 1.807) is 18.2 Å². The average Bonchev–Trinajstić information content (AvgIpc) is 2.81. The maximum absolute atomic E-state index is 10.6. The molecule has 3 N–H and O–H groups in total. The number of anilines is 3. The fourth-order valence-electron chi connectivity index (χ4n) is 4.25. The van der Waals surface area contributed by atoms with Crippen LogP contribution in [0.25, 0.3) is 0 Å². The third-order valence-electron chi connectivity index (χ3n) is 6.18. The number of phenolic OH excluding ortho intramolecular Hbond substituents is 3. The number of aromatic hydroxyl groups is 3. The van der Waals surface area contributed by atoms with Crippen LogP contribution < -0.4 is 9.64 Å². The van der Waals surface area contributed by atoms with Gasteiger partial charge in [0, 0.05) is 11.1 Å². The van der Waals surface area contributed by atoms with Crippen LogP contribution in [0.1, 0.15) is 27.8 Å². The van der Waals surface area contributed by atoms with E-state index in [1.807, 2.05) is 88.0 Å². The predicted molar refractivity (Wildman–Crippen MR) is 136 cm³/mol. The van der Waals surface area contributed by atoms with Crippen LogP contribution in [0.2, 0.25) is 0 Å². The molecule has 0 radical (unpaired) electrons. The van der Waals surface area contributed by atoms with Crippen molar-refractivity contribution in [3.05, 3.63) is 94.5 Å². The van der Waals surface area contributed by atoms with E-state index >= 15 is 0 Å². The second-order valence-electron chi connectivity index (χ2n) is 8.58. The largest absolute Gasteiger partial charge is 0.508 e. The molecule has 0 aliphatic heterocycles. The molecule has 5 nitrogen and oxygen atoms in total. The van der Waals surface area contributed by atoms with Crippen molar-refractivity contribution in [3.8, 4) is 28.7 Å². The van der Waals surface area contributed by atoms with E-state index < -0.39 is 0 Å². The van der Waals surface area contributed by atoms with Gasteiger partial charge in [-0.25, -0.2) is 0 Å². The summed E-state index contributed by atoms with van der Waals surface area (Å²) in [6.07, 6.45) is 0. The molecule has 0 saturated heterocycles. The molecule has 174 valence electrons. The first-order valence-electron chi connectivity index (χ1n) is 11.1. The second kappa shape index (κ2) is 9.02. The lowest BCUT2D eigenvalue weighted by Crippen LogP contribution is -2.16. The molecule has 0 spiro atoms. The Balaban J connectivity index is 2.02. The number of hydrogen-bond donors (Lipinski definition) is 3. The summed E-state index contributed by atoms with van der Waals surface area (Å²) in [6.45, 7) is 9.53. The minimum absolute atomic E-state index is 0.0817. The SMILES string of the molecule is Cc1cccc(Oc2ccccc2N(c2c(C)ccc(O)c2C)c2c(C)ccc(O)c2C)c1O. The van der Waals surface area contributed by atoms with Gasteiger partial charge < -0.3 is 25.0 Å². The summed E-state index contributed by atoms with van der Waals surface area (Å²) in [5, 5.41) is 31.7. The molecule has 0 aromatic heterocycles. The second-order valence-corrected chi connectivity index (χ2v) is 8.58. The molecule has 4 aromatic carbocycles. The summed E-state index contributed by atoms with van der Waals surface area (Å²) in [5.74, 6) is 1.30. The van der Waals surface area contributed by atoms with E-state index in [4.69, 9.17) is 4.74 Å². The highest BCUT2D eigenvalue weighted by Gasteiger charge is 2.25. The fraction of sp³-hybridized carbons (Fsp3) is 0.172. The number of benzene rings is 4. The molecule has 34 heavy (non-hydrogen) atoms. The maximum Gasteiger partial charge on any atom is 0.169 e. The summed E-state index contributed by atoms with van der Waals surface area (Å²) in [5.41, 5.74) is 6.31. The maximum atomic E-state index is 10.6. The highest BCUT2D eigenvalue weighted by molar-refractivity contribution is 5.87. The van der Waals surface area contributed by atoms with Gasteiger partial charge in [-0.2, -0.15) is 0 Å². The van der Waals surface area contributed by atoms with E-state index in [0.29, 0.717) is 33.9 Å². The third kappa shape index (κ3) is 4.01. The summed E-state index contributed by atoms with van der Waals surface area (Å²) >= 11 is 0. The van der Waals surface area contributed by atoms with E-state index in [2.05, 4.69) is 0 Å². The quantitative estimate of drug-likeness (QED) is 0.289. The van der Waals surface area contributed by atoms with Crippen LogP contribution in [-0.2, 0) is 0 Å². The zero-order valence-electron chi connectivity index (χ0n) is 20.0. The van der Waals surface area contributed by atoms with Gasteiger partial charge in [0.15, 0.2) is 17.2 Å². The van der Waals surface area contributed by atoms with Crippen LogP contribution >= 0.6 is 0 Å². The van der Waals surface area contributed by atoms with Crippen molar-refractivity contribution in [1.29, 1.82) is 0 Å². The molecular formula is C29H29NO4. The van der Waals surface area contributed by atoms with Gasteiger partial charge in [0.25, 0.3) is 0 Å². The van der Waals surface area contributed by atoms with Crippen LogP contribution in [0.3, 0.4) is 0 Å². The van der Waals surface area contributed by atoms with Crippen molar-refractivity contribution in [2.45, 2.75) is 34.6 Å². The molecule has 4 rings (SSSR count). The Morgan fingerprint density at radius 1 is 0.559 bits per heavy atom. The Kier molecular flexibility index (Phi) is 6.12. The van der Waals surface area contributed by atoms with E-state index in [0.717, 1.165) is 22.5 Å². The molecule has 0 aliphatic carbocycles. The fourth-order valence-corrected chi connectivity index (χ4v) is 4.25. The van der Waals surface area contributed by atoms with Gasteiger partial charge in [0.2, 0.25) is 0 Å². The van der Waals surface area contributed by atoms with Crippen molar-refractivity contribution in [3.63, 3.8) is 0 Å². The molecule has 5 heteroatoms. The minimum atomic E-state index is 0.0817. The highest BCUT2D eigenvalue weighted by Crippen LogP contribution is 2.49. The lowest BCUT2D eigenvalue weighted by molar-refractivity contribution is 0.409. The van der Waals surface area contributed by atoms with Crippen LogP contribution in [0.4, 0.5) is 17.1 Å². The molecule has 0 saturated carbocycles. The molecule has 0 unspecified atom stereocenters. The Morgan fingerprint density at radius 2 is 1.09 bits per heavy atom. The number of ether oxygens (including phenoxy) is 1. The molecule has 4 aromatic rings. The van der Waals surface area contributed by atoms with Crippen LogP contribution in [0, 0.1) is 34.6 Å². The van der Waals surface area contributed by atoms with Crippen molar-refractivity contribution >= 4 is 17.1 Å². The normalized spacial score (nSPS) is 10.9. The first-order chi connectivity index (χ1) is 16.2. The first-order valence-corrected chi connectivity index (χ1v) is 11.1. The van der Waals surface area contributed by atoms with Gasteiger partial charge in [0.1, 0.15) is 11.5 Å². The molecule has 0 fully saturated rings. The van der Waals surface area contributed by atoms with E-state index in [9.17, 15) is 15.3 Å². The number of nitrogens with zero attached hydrogens (tertiary/aromatic N) is 1. The van der Waals surface area contributed by atoms with Crippen molar-refractivity contribution in [1.82, 2.24) is 0 Å². The average molecular weight is 456 g/mol. The number of para-hydroxylation sites is 3. The molecule has 0 atom stereocenters. The Hall–Kier alpha value is -4.12. The summed E-state index contributed by atoms with van der Waals surface area (Å²) in [7, 11) is 0. The van der Waals surface area contributed by atoms with Crippen LogP contribution in [-0.4, -0.2) is 15.3 Å². The summed E-state index contributed by atoms with van der Waals surface area (Å²) < 4.78 is 6.25. The van der Waals surface area contributed by atoms with Crippen molar-refractivity contribution in [2.24, 2.45) is 0 Å². The standard InChI is InChI=1S/C29H29NO4/c1-17-13-15-23(31)20(4)27(17)30(28-18(2)14-16-24(32)21(28)5)22-10-6-7-11-25(22)34-26-12-8-9-19(3)29(26)33/h6-16,31-33H,1-5H3. The molecule has 0 aliphatic rings. The summed E-state index contributed by atoms with van der Waals surface area (Å²) in [4.78, 5) is 2.01. The zero-order valence-corrected chi connectivity index (χ0v) is 20.0. The zero-order chi connectivity index (χ0) is 24.6. The topological polar surface area (TPSA) is 73.2 Å². The van der Waals surface area contributed by atoms with E-state index in [-0.39, 0.29) is 17.2 Å². The van der Waals surface area contributed by atoms with Crippen LogP contribution in [0.15, 0.2) is 66.7 Å². The van der Waals surface area contributed by atoms with Gasteiger partial charge in [-0.15, -0.1) is 0 Å². The Morgan fingerprint density at radius 3 is 1.68 bits per heavy atom. The van der Waals surface area contributed by atoms with Gasteiger partial charge in [-0.3, -0.25) is 0 Å². The van der Waals surface area contributed by atoms with Gasteiger partial charge in [0.05, 0.1) is 17.1 Å². The van der Waals surface area contributed by atoms with Crippen molar-refractivity contribution < 1.29 is 20.1 Å². The summed E-state index contributed by atoms with van der Waals surface area (Å²) in [6, 6.07) is 20.0. The minimum Gasteiger partial charge on any atom is -0.508 e. The van der Waals surface area contributed by atoms with Crippen molar-refractivity contribution in [2.75, 3.05) is 4.90 Å². The number of hydrogen-bond acceptors (Lipinski definition) is 5. The van der Waals surface area contributed by atoms with Gasteiger partial charge in [-0.05, 0) is 81.6 Å².